The van der Waals surface area contributed by atoms with Crippen LogP contribution in [0.4, 0.5) is 0 Å². The van der Waals surface area contributed by atoms with Crippen molar-refractivity contribution in [1.82, 2.24) is 0 Å². The SMILES string of the molecule is C=C(OC)OC[C@](OCC)(c1ccc(OC)cc1)C(CC(=O)OC)c1ccccc1. The molecule has 0 bridgehead atoms. The van der Waals surface area contributed by atoms with E-state index in [1.807, 2.05) is 61.5 Å². The molecule has 2 aromatic rings. The smallest absolute Gasteiger partial charge is 0.306 e. The minimum atomic E-state index is -1.00. The van der Waals surface area contributed by atoms with Gasteiger partial charge in [0.25, 0.3) is 5.95 Å². The number of carbonyl (C=O) groups is 1. The molecule has 2 atom stereocenters. The fraction of sp³-hybridized carbons (Fsp3) is 0.375. The van der Waals surface area contributed by atoms with E-state index in [4.69, 9.17) is 23.7 Å². The Morgan fingerprint density at radius 3 is 2.20 bits per heavy atom. The molecule has 0 fully saturated rings. The van der Waals surface area contributed by atoms with Gasteiger partial charge in [-0.2, -0.15) is 0 Å². The Morgan fingerprint density at radius 1 is 1.00 bits per heavy atom. The molecule has 0 N–H and O–H groups in total. The van der Waals surface area contributed by atoms with Crippen LogP contribution in [-0.2, 0) is 29.3 Å². The van der Waals surface area contributed by atoms with E-state index in [0.717, 1.165) is 16.9 Å². The van der Waals surface area contributed by atoms with Crippen LogP contribution in [-0.4, -0.2) is 40.5 Å². The van der Waals surface area contributed by atoms with E-state index in [9.17, 15) is 4.79 Å². The maximum Gasteiger partial charge on any atom is 0.306 e. The maximum absolute atomic E-state index is 12.4. The van der Waals surface area contributed by atoms with Crippen LogP contribution in [0.3, 0.4) is 0 Å². The molecule has 0 saturated carbocycles. The highest BCUT2D eigenvalue weighted by Gasteiger charge is 2.45. The topological polar surface area (TPSA) is 63.2 Å². The molecule has 6 heteroatoms. The van der Waals surface area contributed by atoms with Crippen molar-refractivity contribution in [2.24, 2.45) is 0 Å². The Labute approximate surface area is 178 Å². The number of ether oxygens (including phenoxy) is 5. The van der Waals surface area contributed by atoms with Crippen LogP contribution in [0.2, 0.25) is 0 Å². The molecule has 0 aliphatic rings. The van der Waals surface area contributed by atoms with Gasteiger partial charge in [-0.25, -0.2) is 0 Å². The zero-order valence-electron chi connectivity index (χ0n) is 18.1. The zero-order valence-corrected chi connectivity index (χ0v) is 18.1. The lowest BCUT2D eigenvalue weighted by atomic mass is 9.75. The number of methoxy groups -OCH3 is 3. The molecule has 0 radical (unpaired) electrons. The van der Waals surface area contributed by atoms with Crippen LogP contribution in [0.15, 0.2) is 67.1 Å². The lowest BCUT2D eigenvalue weighted by Gasteiger charge is -2.40. The third-order valence-electron chi connectivity index (χ3n) is 5.02. The summed E-state index contributed by atoms with van der Waals surface area (Å²) in [6, 6.07) is 17.3. The monoisotopic (exact) mass is 414 g/mol. The average molecular weight is 414 g/mol. The Bertz CT molecular complexity index is 802. The van der Waals surface area contributed by atoms with Crippen molar-refractivity contribution in [3.05, 3.63) is 78.2 Å². The van der Waals surface area contributed by atoms with E-state index in [1.54, 1.807) is 7.11 Å². The second-order valence-electron chi connectivity index (χ2n) is 6.66. The van der Waals surface area contributed by atoms with Crippen LogP contribution in [0.5, 0.6) is 5.75 Å². The summed E-state index contributed by atoms with van der Waals surface area (Å²) in [5.41, 5.74) is 0.767. The Hall–Kier alpha value is -2.99. The van der Waals surface area contributed by atoms with E-state index >= 15 is 0 Å². The van der Waals surface area contributed by atoms with Crippen molar-refractivity contribution in [2.75, 3.05) is 34.5 Å². The summed E-state index contributed by atoms with van der Waals surface area (Å²) in [4.78, 5) is 12.4. The van der Waals surface area contributed by atoms with Gasteiger partial charge in [-0.1, -0.05) is 42.5 Å². The van der Waals surface area contributed by atoms with Gasteiger partial charge >= 0.3 is 5.97 Å². The molecular weight excluding hydrogens is 384 g/mol. The van der Waals surface area contributed by atoms with E-state index < -0.39 is 5.60 Å². The van der Waals surface area contributed by atoms with Gasteiger partial charge in [-0.05, 0) is 36.8 Å². The zero-order chi connectivity index (χ0) is 22.0. The van der Waals surface area contributed by atoms with E-state index in [-0.39, 0.29) is 30.9 Å². The van der Waals surface area contributed by atoms with Crippen LogP contribution in [0, 0.1) is 0 Å². The molecule has 30 heavy (non-hydrogen) atoms. The molecule has 0 aromatic heterocycles. The van der Waals surface area contributed by atoms with Gasteiger partial charge in [0, 0.05) is 12.5 Å². The van der Waals surface area contributed by atoms with Crippen molar-refractivity contribution in [3.63, 3.8) is 0 Å². The third-order valence-corrected chi connectivity index (χ3v) is 5.02. The molecule has 2 aromatic carbocycles. The normalized spacial score (nSPS) is 13.6. The second-order valence-corrected chi connectivity index (χ2v) is 6.66. The van der Waals surface area contributed by atoms with Gasteiger partial charge in [0.05, 0.1) is 27.8 Å². The van der Waals surface area contributed by atoms with E-state index in [1.165, 1.54) is 14.2 Å². The van der Waals surface area contributed by atoms with Crippen LogP contribution < -0.4 is 4.74 Å². The van der Waals surface area contributed by atoms with Crippen molar-refractivity contribution < 1.29 is 28.5 Å². The van der Waals surface area contributed by atoms with Crippen molar-refractivity contribution in [2.45, 2.75) is 24.9 Å². The molecule has 1 unspecified atom stereocenters. The fourth-order valence-electron chi connectivity index (χ4n) is 3.48. The molecule has 0 aliphatic heterocycles. The highest BCUT2D eigenvalue weighted by molar-refractivity contribution is 5.71. The summed E-state index contributed by atoms with van der Waals surface area (Å²) in [6.07, 6.45) is 0.107. The quantitative estimate of drug-likeness (QED) is 0.379. The van der Waals surface area contributed by atoms with Crippen molar-refractivity contribution in [3.8, 4) is 5.75 Å². The van der Waals surface area contributed by atoms with Gasteiger partial charge in [-0.15, -0.1) is 0 Å². The third kappa shape index (κ3) is 5.54. The van der Waals surface area contributed by atoms with Gasteiger partial charge in [0.15, 0.2) is 0 Å². The number of carbonyl (C=O) groups excluding carboxylic acids is 1. The summed E-state index contributed by atoms with van der Waals surface area (Å²) in [5, 5.41) is 0. The van der Waals surface area contributed by atoms with Gasteiger partial charge in [-0.3, -0.25) is 4.79 Å². The summed E-state index contributed by atoms with van der Waals surface area (Å²) in [7, 11) is 4.48. The number of esters is 1. The highest BCUT2D eigenvalue weighted by atomic mass is 16.7. The second kappa shape index (κ2) is 11.3. The molecule has 0 amide bonds. The largest absolute Gasteiger partial charge is 0.497 e. The Kier molecular flexibility index (Phi) is 8.74. The van der Waals surface area contributed by atoms with Crippen LogP contribution in [0.1, 0.15) is 30.4 Å². The standard InChI is InChI=1S/C24H30O6/c1-6-30-24(17-29-18(2)26-3,20-12-14-21(27-4)15-13-20)22(16-23(25)28-5)19-10-8-7-9-11-19/h7-15,22H,2,6,16-17H2,1,3-5H3/t22?,24-/m0/s1. The van der Waals surface area contributed by atoms with Crippen molar-refractivity contribution in [1.29, 1.82) is 0 Å². The summed E-state index contributed by atoms with van der Waals surface area (Å²) in [5.74, 6) is 0.157. The Balaban J connectivity index is 2.65. The molecule has 0 spiro atoms. The summed E-state index contributed by atoms with van der Waals surface area (Å²) in [6.45, 7) is 6.16. The molecule has 0 saturated heterocycles. The summed E-state index contributed by atoms with van der Waals surface area (Å²) < 4.78 is 27.6. The Morgan fingerprint density at radius 2 is 1.67 bits per heavy atom. The first-order chi connectivity index (χ1) is 14.5. The predicted octanol–water partition coefficient (Wildman–Crippen LogP) is 4.41. The van der Waals surface area contributed by atoms with Gasteiger partial charge in [0.1, 0.15) is 18.0 Å². The minimum absolute atomic E-state index is 0.0936. The summed E-state index contributed by atoms with van der Waals surface area (Å²) >= 11 is 0. The van der Waals surface area contributed by atoms with Crippen LogP contribution >= 0.6 is 0 Å². The molecule has 0 aliphatic carbocycles. The molecular formula is C24H30O6. The van der Waals surface area contributed by atoms with Gasteiger partial charge < -0.3 is 23.7 Å². The predicted molar refractivity (Wildman–Crippen MR) is 114 cm³/mol. The van der Waals surface area contributed by atoms with Gasteiger partial charge in [0.2, 0.25) is 0 Å². The average Bonchev–Trinajstić information content (AvgIpc) is 2.80. The van der Waals surface area contributed by atoms with E-state index in [0.29, 0.717) is 6.61 Å². The molecule has 6 nitrogen and oxygen atoms in total. The highest BCUT2D eigenvalue weighted by Crippen LogP contribution is 2.44. The lowest BCUT2D eigenvalue weighted by molar-refractivity contribution is -0.149. The van der Waals surface area contributed by atoms with Crippen LogP contribution in [0.25, 0.3) is 0 Å². The molecule has 0 heterocycles. The number of rotatable bonds is 12. The minimum Gasteiger partial charge on any atom is -0.497 e. The maximum atomic E-state index is 12.4. The first kappa shape index (κ1) is 23.3. The molecule has 162 valence electrons. The number of hydrogen-bond donors (Lipinski definition) is 0. The number of benzene rings is 2. The number of hydrogen-bond acceptors (Lipinski definition) is 6. The van der Waals surface area contributed by atoms with E-state index in [2.05, 4.69) is 6.58 Å². The fourth-order valence-corrected chi connectivity index (χ4v) is 3.48. The molecule has 2 rings (SSSR count). The first-order valence-electron chi connectivity index (χ1n) is 9.76. The lowest BCUT2D eigenvalue weighted by Crippen LogP contribution is -2.42. The van der Waals surface area contributed by atoms with Crippen molar-refractivity contribution >= 4 is 5.97 Å². The first-order valence-corrected chi connectivity index (χ1v) is 9.76.